The molecular formula is C17H29N3O2. The van der Waals surface area contributed by atoms with E-state index in [9.17, 15) is 10.1 Å². The molecule has 22 heavy (non-hydrogen) atoms. The number of nitro benzene ring substituents is 1. The molecule has 0 saturated heterocycles. The fourth-order valence-corrected chi connectivity index (χ4v) is 2.41. The van der Waals surface area contributed by atoms with E-state index in [0.717, 1.165) is 32.6 Å². The Balaban J connectivity index is 2.37. The summed E-state index contributed by atoms with van der Waals surface area (Å²) < 4.78 is 0. The Morgan fingerprint density at radius 1 is 1.05 bits per heavy atom. The second-order valence-corrected chi connectivity index (χ2v) is 5.60. The van der Waals surface area contributed by atoms with Crippen molar-refractivity contribution in [3.05, 3.63) is 34.4 Å². The van der Waals surface area contributed by atoms with Crippen LogP contribution in [0.3, 0.4) is 0 Å². The average molecular weight is 307 g/mol. The standard InChI is InChI=1S/C17H29N3O2/c1-3-5-13-19(14-6-4-2)15-9-12-18-16-10-7-8-11-17(16)20(21)22/h7-8,10-11,18H,3-6,9,12-15H2,1-2H3. The third-order valence-corrected chi connectivity index (χ3v) is 3.72. The highest BCUT2D eigenvalue weighted by molar-refractivity contribution is 5.60. The fourth-order valence-electron chi connectivity index (χ4n) is 2.41. The van der Waals surface area contributed by atoms with Crippen LogP contribution in [0.15, 0.2) is 24.3 Å². The van der Waals surface area contributed by atoms with Gasteiger partial charge in [0.25, 0.3) is 5.69 Å². The molecule has 1 aromatic rings. The second kappa shape index (κ2) is 11.0. The highest BCUT2D eigenvalue weighted by atomic mass is 16.6. The van der Waals surface area contributed by atoms with Crippen LogP contribution < -0.4 is 5.32 Å². The Morgan fingerprint density at radius 2 is 1.64 bits per heavy atom. The van der Waals surface area contributed by atoms with Crippen LogP contribution in [0.25, 0.3) is 0 Å². The van der Waals surface area contributed by atoms with Gasteiger partial charge in [0.15, 0.2) is 0 Å². The Labute approximate surface area is 133 Å². The molecule has 0 heterocycles. The maximum atomic E-state index is 11.0. The first-order valence-corrected chi connectivity index (χ1v) is 8.38. The first kappa shape index (κ1) is 18.4. The van der Waals surface area contributed by atoms with Gasteiger partial charge in [-0.2, -0.15) is 0 Å². The molecule has 1 N–H and O–H groups in total. The lowest BCUT2D eigenvalue weighted by Gasteiger charge is -2.22. The van der Waals surface area contributed by atoms with E-state index >= 15 is 0 Å². The normalized spacial score (nSPS) is 10.9. The molecule has 1 aromatic carbocycles. The molecule has 0 aliphatic heterocycles. The first-order valence-electron chi connectivity index (χ1n) is 8.38. The average Bonchev–Trinajstić information content (AvgIpc) is 2.53. The fraction of sp³-hybridized carbons (Fsp3) is 0.647. The summed E-state index contributed by atoms with van der Waals surface area (Å²) in [5.41, 5.74) is 0.762. The van der Waals surface area contributed by atoms with Gasteiger partial charge in [-0.3, -0.25) is 10.1 Å². The number of hydrogen-bond acceptors (Lipinski definition) is 4. The van der Waals surface area contributed by atoms with E-state index in [2.05, 4.69) is 24.1 Å². The SMILES string of the molecule is CCCCN(CCCC)CCCNc1ccccc1[N+](=O)[O-]. The summed E-state index contributed by atoms with van der Waals surface area (Å²) in [5, 5.41) is 14.2. The van der Waals surface area contributed by atoms with E-state index in [1.54, 1.807) is 12.1 Å². The number of rotatable bonds is 12. The van der Waals surface area contributed by atoms with Crippen molar-refractivity contribution in [2.45, 2.75) is 46.0 Å². The molecule has 0 aliphatic carbocycles. The number of benzene rings is 1. The molecule has 1 rings (SSSR count). The van der Waals surface area contributed by atoms with E-state index in [1.165, 1.54) is 31.7 Å². The Kier molecular flexibility index (Phi) is 9.23. The molecular weight excluding hydrogens is 278 g/mol. The van der Waals surface area contributed by atoms with Gasteiger partial charge in [0, 0.05) is 12.6 Å². The van der Waals surface area contributed by atoms with Gasteiger partial charge in [0.05, 0.1) is 4.92 Å². The summed E-state index contributed by atoms with van der Waals surface area (Å²) >= 11 is 0. The molecule has 0 aromatic heterocycles. The number of nitrogens with zero attached hydrogens (tertiary/aromatic N) is 2. The van der Waals surface area contributed by atoms with Gasteiger partial charge in [-0.25, -0.2) is 0 Å². The lowest BCUT2D eigenvalue weighted by molar-refractivity contribution is -0.384. The minimum Gasteiger partial charge on any atom is -0.379 e. The molecule has 0 amide bonds. The van der Waals surface area contributed by atoms with Gasteiger partial charge >= 0.3 is 0 Å². The van der Waals surface area contributed by atoms with E-state index in [-0.39, 0.29) is 10.6 Å². The van der Waals surface area contributed by atoms with Gasteiger partial charge in [-0.15, -0.1) is 0 Å². The predicted molar refractivity (Wildman–Crippen MR) is 92.5 cm³/mol. The molecule has 0 spiro atoms. The van der Waals surface area contributed by atoms with Crippen molar-refractivity contribution < 1.29 is 4.92 Å². The molecule has 5 heteroatoms. The summed E-state index contributed by atoms with van der Waals surface area (Å²) in [4.78, 5) is 13.1. The monoisotopic (exact) mass is 307 g/mol. The summed E-state index contributed by atoms with van der Waals surface area (Å²) in [7, 11) is 0. The smallest absolute Gasteiger partial charge is 0.292 e. The summed E-state index contributed by atoms with van der Waals surface area (Å²) in [5.74, 6) is 0. The van der Waals surface area contributed by atoms with E-state index < -0.39 is 0 Å². The third-order valence-electron chi connectivity index (χ3n) is 3.72. The minimum absolute atomic E-state index is 0.149. The second-order valence-electron chi connectivity index (χ2n) is 5.60. The van der Waals surface area contributed by atoms with Crippen molar-refractivity contribution in [1.29, 1.82) is 0 Å². The van der Waals surface area contributed by atoms with E-state index in [1.807, 2.05) is 6.07 Å². The summed E-state index contributed by atoms with van der Waals surface area (Å²) in [6.07, 6.45) is 5.91. The molecule has 0 atom stereocenters. The number of hydrogen-bond donors (Lipinski definition) is 1. The highest BCUT2D eigenvalue weighted by Crippen LogP contribution is 2.22. The lowest BCUT2D eigenvalue weighted by atomic mass is 10.2. The molecule has 5 nitrogen and oxygen atoms in total. The van der Waals surface area contributed by atoms with Crippen LogP contribution in [-0.4, -0.2) is 36.0 Å². The van der Waals surface area contributed by atoms with Gasteiger partial charge in [0.1, 0.15) is 5.69 Å². The maximum Gasteiger partial charge on any atom is 0.292 e. The third kappa shape index (κ3) is 6.89. The van der Waals surface area contributed by atoms with Crippen molar-refractivity contribution >= 4 is 11.4 Å². The number of unbranched alkanes of at least 4 members (excludes halogenated alkanes) is 2. The van der Waals surface area contributed by atoms with Crippen molar-refractivity contribution in [2.24, 2.45) is 0 Å². The maximum absolute atomic E-state index is 11.0. The van der Waals surface area contributed by atoms with Crippen molar-refractivity contribution in [2.75, 3.05) is 31.5 Å². The van der Waals surface area contributed by atoms with Crippen molar-refractivity contribution in [3.8, 4) is 0 Å². The topological polar surface area (TPSA) is 58.4 Å². The first-order chi connectivity index (χ1) is 10.7. The minimum atomic E-state index is -0.336. The van der Waals surface area contributed by atoms with Gasteiger partial charge in [-0.1, -0.05) is 38.8 Å². The zero-order valence-corrected chi connectivity index (χ0v) is 13.9. The van der Waals surface area contributed by atoms with Crippen LogP contribution in [0.5, 0.6) is 0 Å². The summed E-state index contributed by atoms with van der Waals surface area (Å²) in [6, 6.07) is 6.83. The number of para-hydroxylation sites is 2. The van der Waals surface area contributed by atoms with Gasteiger partial charge < -0.3 is 10.2 Å². The van der Waals surface area contributed by atoms with Crippen molar-refractivity contribution in [1.82, 2.24) is 4.90 Å². The lowest BCUT2D eigenvalue weighted by Crippen LogP contribution is -2.28. The van der Waals surface area contributed by atoms with Crippen LogP contribution in [0.1, 0.15) is 46.0 Å². The van der Waals surface area contributed by atoms with Crippen LogP contribution in [-0.2, 0) is 0 Å². The molecule has 0 fully saturated rings. The van der Waals surface area contributed by atoms with Crippen LogP contribution >= 0.6 is 0 Å². The van der Waals surface area contributed by atoms with Crippen LogP contribution in [0.4, 0.5) is 11.4 Å². The summed E-state index contributed by atoms with van der Waals surface area (Å²) in [6.45, 7) is 8.55. The molecule has 0 unspecified atom stereocenters. The zero-order chi connectivity index (χ0) is 16.2. The van der Waals surface area contributed by atoms with E-state index in [4.69, 9.17) is 0 Å². The predicted octanol–water partition coefficient (Wildman–Crippen LogP) is 4.30. The zero-order valence-electron chi connectivity index (χ0n) is 13.9. The number of nitro groups is 1. The Morgan fingerprint density at radius 3 is 2.23 bits per heavy atom. The van der Waals surface area contributed by atoms with Gasteiger partial charge in [0.2, 0.25) is 0 Å². The number of anilines is 1. The molecule has 0 aliphatic rings. The van der Waals surface area contributed by atoms with E-state index in [0.29, 0.717) is 5.69 Å². The highest BCUT2D eigenvalue weighted by Gasteiger charge is 2.11. The molecule has 124 valence electrons. The molecule has 0 bridgehead atoms. The molecule has 0 radical (unpaired) electrons. The largest absolute Gasteiger partial charge is 0.379 e. The quantitative estimate of drug-likeness (QED) is 0.355. The molecule has 0 saturated carbocycles. The Bertz CT molecular complexity index is 430. The Hall–Kier alpha value is -1.62. The van der Waals surface area contributed by atoms with Gasteiger partial charge in [-0.05, 0) is 45.0 Å². The van der Waals surface area contributed by atoms with Crippen LogP contribution in [0.2, 0.25) is 0 Å². The van der Waals surface area contributed by atoms with Crippen molar-refractivity contribution in [3.63, 3.8) is 0 Å². The van der Waals surface area contributed by atoms with Crippen LogP contribution in [0, 0.1) is 10.1 Å². The number of nitrogens with one attached hydrogen (secondary N) is 1.